The van der Waals surface area contributed by atoms with Crippen molar-refractivity contribution in [2.75, 3.05) is 26.2 Å². The summed E-state index contributed by atoms with van der Waals surface area (Å²) in [6.07, 6.45) is 3.64. The van der Waals surface area contributed by atoms with Gasteiger partial charge < -0.3 is 10.2 Å². The van der Waals surface area contributed by atoms with Crippen molar-refractivity contribution in [1.82, 2.24) is 10.2 Å². The molecule has 4 heteroatoms. The van der Waals surface area contributed by atoms with Gasteiger partial charge in [-0.15, -0.1) is 0 Å². The van der Waals surface area contributed by atoms with Gasteiger partial charge in [0, 0.05) is 11.0 Å². The maximum Gasteiger partial charge on any atom is 0.252 e. The molecule has 2 rings (SSSR count). The van der Waals surface area contributed by atoms with Crippen LogP contribution in [-0.4, -0.2) is 37.0 Å². The first-order valence-electron chi connectivity index (χ1n) is 7.42. The largest absolute Gasteiger partial charge is 0.352 e. The second-order valence-electron chi connectivity index (χ2n) is 5.61. The van der Waals surface area contributed by atoms with Crippen LogP contribution in [0.5, 0.6) is 0 Å². The Kier molecular flexibility index (Phi) is 6.05. The Balaban J connectivity index is 1.66. The van der Waals surface area contributed by atoms with Gasteiger partial charge in [0.25, 0.3) is 5.91 Å². The number of carbonyl (C=O) groups excluding carboxylic acids is 1. The van der Waals surface area contributed by atoms with Gasteiger partial charge in [-0.3, -0.25) is 4.79 Å². The molecule has 110 valence electrons. The summed E-state index contributed by atoms with van der Waals surface area (Å²) in [6.45, 7) is 6.57. The fraction of sp³-hybridized carbons (Fsp3) is 0.562. The lowest BCUT2D eigenvalue weighted by atomic mass is 9.99. The zero-order valence-electron chi connectivity index (χ0n) is 12.1. The molecule has 1 aromatic rings. The monoisotopic (exact) mass is 338 g/mol. The van der Waals surface area contributed by atoms with Gasteiger partial charge in [0.05, 0.1) is 5.56 Å². The predicted molar refractivity (Wildman–Crippen MR) is 85.9 cm³/mol. The minimum atomic E-state index is 0.00439. The van der Waals surface area contributed by atoms with Gasteiger partial charge in [-0.25, -0.2) is 0 Å². The van der Waals surface area contributed by atoms with Crippen LogP contribution in [0.1, 0.15) is 36.5 Å². The normalized spacial score (nSPS) is 17.1. The molecule has 1 saturated heterocycles. The van der Waals surface area contributed by atoms with Crippen molar-refractivity contribution < 1.29 is 4.79 Å². The Morgan fingerprint density at radius 2 is 2.05 bits per heavy atom. The first-order chi connectivity index (χ1) is 9.66. The molecule has 0 atom stereocenters. The molecular formula is C16H23BrN2O. The third-order valence-corrected chi connectivity index (χ3v) is 4.62. The van der Waals surface area contributed by atoms with E-state index < -0.39 is 0 Å². The Morgan fingerprint density at radius 1 is 1.35 bits per heavy atom. The number of likely N-dealkylation sites (tertiary alicyclic amines) is 1. The van der Waals surface area contributed by atoms with Crippen LogP contribution in [0, 0.1) is 5.92 Å². The summed E-state index contributed by atoms with van der Waals surface area (Å²) in [5, 5.41) is 2.99. The predicted octanol–water partition coefficient (Wildman–Crippen LogP) is 3.30. The van der Waals surface area contributed by atoms with E-state index in [0.29, 0.717) is 5.56 Å². The Hall–Kier alpha value is -0.870. The molecule has 0 unspecified atom stereocenters. The number of hydrogen-bond donors (Lipinski definition) is 1. The summed E-state index contributed by atoms with van der Waals surface area (Å²) in [5.74, 6) is 0.881. The van der Waals surface area contributed by atoms with Gasteiger partial charge in [-0.05, 0) is 72.9 Å². The fourth-order valence-electron chi connectivity index (χ4n) is 2.53. The molecule has 1 aliphatic heterocycles. The van der Waals surface area contributed by atoms with Gasteiger partial charge in [0.15, 0.2) is 0 Å². The molecule has 3 nitrogen and oxygen atoms in total. The Morgan fingerprint density at radius 3 is 2.75 bits per heavy atom. The summed E-state index contributed by atoms with van der Waals surface area (Å²) < 4.78 is 0.850. The number of rotatable bonds is 5. The molecule has 0 radical (unpaired) electrons. The minimum Gasteiger partial charge on any atom is -0.352 e. The van der Waals surface area contributed by atoms with Crippen LogP contribution in [0.4, 0.5) is 0 Å². The van der Waals surface area contributed by atoms with Crippen molar-refractivity contribution in [1.29, 1.82) is 0 Å². The molecule has 1 aliphatic rings. The van der Waals surface area contributed by atoms with Crippen LogP contribution in [0.2, 0.25) is 0 Å². The Bertz CT molecular complexity index is 442. The molecule has 1 N–H and O–H groups in total. The van der Waals surface area contributed by atoms with Crippen molar-refractivity contribution in [3.05, 3.63) is 34.3 Å². The second kappa shape index (κ2) is 7.79. The molecule has 1 fully saturated rings. The summed E-state index contributed by atoms with van der Waals surface area (Å²) >= 11 is 3.40. The van der Waals surface area contributed by atoms with Crippen molar-refractivity contribution in [3.8, 4) is 0 Å². The smallest absolute Gasteiger partial charge is 0.252 e. The van der Waals surface area contributed by atoms with Crippen molar-refractivity contribution >= 4 is 21.8 Å². The summed E-state index contributed by atoms with van der Waals surface area (Å²) in [4.78, 5) is 14.5. The molecule has 1 amide bonds. The van der Waals surface area contributed by atoms with E-state index in [-0.39, 0.29) is 5.91 Å². The van der Waals surface area contributed by atoms with Crippen LogP contribution in [0.15, 0.2) is 28.7 Å². The molecular weight excluding hydrogens is 316 g/mol. The number of hydrogen-bond acceptors (Lipinski definition) is 2. The summed E-state index contributed by atoms with van der Waals surface area (Å²) in [6, 6.07) is 7.53. The van der Waals surface area contributed by atoms with Crippen molar-refractivity contribution in [2.45, 2.75) is 26.2 Å². The summed E-state index contributed by atoms with van der Waals surface area (Å²) in [7, 11) is 0. The molecule has 0 spiro atoms. The van der Waals surface area contributed by atoms with Crippen molar-refractivity contribution in [2.24, 2.45) is 5.92 Å². The van der Waals surface area contributed by atoms with E-state index in [1.807, 2.05) is 24.3 Å². The average Bonchev–Trinajstić information content (AvgIpc) is 2.46. The topological polar surface area (TPSA) is 32.3 Å². The molecule has 0 aliphatic carbocycles. The van der Waals surface area contributed by atoms with Gasteiger partial charge in [-0.2, -0.15) is 0 Å². The average molecular weight is 339 g/mol. The van der Waals surface area contributed by atoms with Gasteiger partial charge >= 0.3 is 0 Å². The SMILES string of the molecule is CC1CCN(CCCNC(=O)c2ccccc2Br)CC1. The zero-order chi connectivity index (χ0) is 14.4. The van der Waals surface area contributed by atoms with Gasteiger partial charge in [0.2, 0.25) is 0 Å². The van der Waals surface area contributed by atoms with Crippen molar-refractivity contribution in [3.63, 3.8) is 0 Å². The van der Waals surface area contributed by atoms with Crippen LogP contribution >= 0.6 is 15.9 Å². The maximum absolute atomic E-state index is 12.0. The molecule has 0 saturated carbocycles. The third kappa shape index (κ3) is 4.60. The van der Waals surface area contributed by atoms with E-state index in [1.165, 1.54) is 25.9 Å². The van der Waals surface area contributed by atoms with E-state index in [2.05, 4.69) is 33.1 Å². The lowest BCUT2D eigenvalue weighted by Crippen LogP contribution is -2.35. The number of carbonyl (C=O) groups is 1. The number of nitrogens with zero attached hydrogens (tertiary/aromatic N) is 1. The van der Waals surface area contributed by atoms with E-state index in [0.717, 1.165) is 29.9 Å². The van der Waals surface area contributed by atoms with E-state index >= 15 is 0 Å². The lowest BCUT2D eigenvalue weighted by molar-refractivity contribution is 0.0950. The van der Waals surface area contributed by atoms with E-state index in [4.69, 9.17) is 0 Å². The van der Waals surface area contributed by atoms with Crippen LogP contribution < -0.4 is 5.32 Å². The van der Waals surface area contributed by atoms with Crippen LogP contribution in [0.25, 0.3) is 0 Å². The first kappa shape index (κ1) is 15.5. The Labute approximate surface area is 129 Å². The highest BCUT2D eigenvalue weighted by molar-refractivity contribution is 9.10. The molecule has 20 heavy (non-hydrogen) atoms. The van der Waals surface area contributed by atoms with Crippen LogP contribution in [-0.2, 0) is 0 Å². The molecule has 0 aromatic heterocycles. The quantitative estimate of drug-likeness (QED) is 0.835. The number of nitrogens with one attached hydrogen (secondary N) is 1. The lowest BCUT2D eigenvalue weighted by Gasteiger charge is -2.30. The zero-order valence-corrected chi connectivity index (χ0v) is 13.7. The van der Waals surface area contributed by atoms with Gasteiger partial charge in [0.1, 0.15) is 0 Å². The van der Waals surface area contributed by atoms with E-state index in [9.17, 15) is 4.79 Å². The van der Waals surface area contributed by atoms with E-state index in [1.54, 1.807) is 0 Å². The molecule has 0 bridgehead atoms. The highest BCUT2D eigenvalue weighted by Gasteiger charge is 2.15. The third-order valence-electron chi connectivity index (χ3n) is 3.93. The number of benzene rings is 1. The standard InChI is InChI=1S/C16H23BrN2O/c1-13-7-11-19(12-8-13)10-4-9-18-16(20)14-5-2-3-6-15(14)17/h2-3,5-6,13H,4,7-12H2,1H3,(H,18,20). The maximum atomic E-state index is 12.0. The molecule has 1 aromatic carbocycles. The fourth-order valence-corrected chi connectivity index (χ4v) is 3.00. The summed E-state index contributed by atoms with van der Waals surface area (Å²) in [5.41, 5.74) is 0.708. The minimum absolute atomic E-state index is 0.00439. The number of amides is 1. The highest BCUT2D eigenvalue weighted by atomic mass is 79.9. The highest BCUT2D eigenvalue weighted by Crippen LogP contribution is 2.16. The van der Waals surface area contributed by atoms with Crippen LogP contribution in [0.3, 0.4) is 0 Å². The second-order valence-corrected chi connectivity index (χ2v) is 6.47. The first-order valence-corrected chi connectivity index (χ1v) is 8.21. The molecule has 1 heterocycles. The number of piperidine rings is 1. The van der Waals surface area contributed by atoms with Gasteiger partial charge in [-0.1, -0.05) is 19.1 Å². The number of halogens is 1.